The first-order valence-electron chi connectivity index (χ1n) is 8.07. The number of rotatable bonds is 9. The van der Waals surface area contributed by atoms with Gasteiger partial charge in [-0.15, -0.1) is 0 Å². The SMILES string of the molecule is CCCCc1nc(Cc2ccc(S(=O)(=O)O)cc2)nc(NCCO)n1. The van der Waals surface area contributed by atoms with Crippen molar-refractivity contribution < 1.29 is 18.1 Å². The molecule has 0 saturated heterocycles. The number of nitrogens with one attached hydrogen (secondary N) is 1. The maximum Gasteiger partial charge on any atom is 0.294 e. The molecule has 9 heteroatoms. The van der Waals surface area contributed by atoms with Gasteiger partial charge in [-0.05, 0) is 24.1 Å². The third kappa shape index (κ3) is 6.04. The molecule has 0 saturated carbocycles. The lowest BCUT2D eigenvalue weighted by Crippen LogP contribution is -2.13. The number of unbranched alkanes of at least 4 members (excludes halogenated alkanes) is 1. The van der Waals surface area contributed by atoms with Crippen LogP contribution in [0, 0.1) is 0 Å². The summed E-state index contributed by atoms with van der Waals surface area (Å²) in [7, 11) is -4.20. The Morgan fingerprint density at radius 2 is 1.76 bits per heavy atom. The molecule has 0 unspecified atom stereocenters. The molecule has 2 rings (SSSR count). The number of nitrogens with zero attached hydrogens (tertiary/aromatic N) is 3. The Hall–Kier alpha value is -2.10. The Bertz CT molecular complexity index is 768. The van der Waals surface area contributed by atoms with Gasteiger partial charge in [0.1, 0.15) is 11.6 Å². The topological polar surface area (TPSA) is 125 Å². The smallest absolute Gasteiger partial charge is 0.294 e. The molecule has 1 aromatic heterocycles. The number of aliphatic hydroxyl groups is 1. The van der Waals surface area contributed by atoms with E-state index in [0.29, 0.717) is 30.6 Å². The van der Waals surface area contributed by atoms with Crippen LogP contribution < -0.4 is 5.32 Å². The van der Waals surface area contributed by atoms with Gasteiger partial charge in [0.15, 0.2) is 0 Å². The van der Waals surface area contributed by atoms with E-state index in [0.717, 1.165) is 24.8 Å². The summed E-state index contributed by atoms with van der Waals surface area (Å²) in [5.74, 6) is 1.66. The number of aliphatic hydroxyl groups excluding tert-OH is 1. The average Bonchev–Trinajstić information content (AvgIpc) is 2.58. The van der Waals surface area contributed by atoms with Gasteiger partial charge in [-0.25, -0.2) is 4.98 Å². The Balaban J connectivity index is 2.21. The molecule has 0 spiro atoms. The first-order valence-corrected chi connectivity index (χ1v) is 9.51. The molecule has 0 fully saturated rings. The van der Waals surface area contributed by atoms with Crippen molar-refractivity contribution in [2.24, 2.45) is 0 Å². The first-order chi connectivity index (χ1) is 11.9. The number of anilines is 1. The van der Waals surface area contributed by atoms with Gasteiger partial charge in [0.05, 0.1) is 11.5 Å². The number of benzene rings is 1. The van der Waals surface area contributed by atoms with Crippen molar-refractivity contribution in [1.29, 1.82) is 0 Å². The summed E-state index contributed by atoms with van der Waals surface area (Å²) in [6.07, 6.45) is 3.13. The van der Waals surface area contributed by atoms with Crippen molar-refractivity contribution in [3.63, 3.8) is 0 Å². The van der Waals surface area contributed by atoms with Crippen LogP contribution in [0.25, 0.3) is 0 Å². The summed E-state index contributed by atoms with van der Waals surface area (Å²) >= 11 is 0. The predicted molar refractivity (Wildman–Crippen MR) is 93.1 cm³/mol. The van der Waals surface area contributed by atoms with Gasteiger partial charge in [-0.2, -0.15) is 18.4 Å². The van der Waals surface area contributed by atoms with Crippen LogP contribution in [0.4, 0.5) is 5.95 Å². The fraction of sp³-hybridized carbons (Fsp3) is 0.438. The minimum absolute atomic E-state index is 0.0254. The predicted octanol–water partition coefficient (Wildman–Crippen LogP) is 1.46. The molecular formula is C16H22N4O4S. The van der Waals surface area contributed by atoms with Crippen LogP contribution >= 0.6 is 0 Å². The van der Waals surface area contributed by atoms with Crippen LogP contribution in [0.3, 0.4) is 0 Å². The Kier molecular flexibility index (Phi) is 6.80. The molecule has 0 bridgehead atoms. The Morgan fingerprint density at radius 3 is 2.36 bits per heavy atom. The van der Waals surface area contributed by atoms with Gasteiger partial charge in [0, 0.05) is 19.4 Å². The summed E-state index contributed by atoms with van der Waals surface area (Å²) in [6.45, 7) is 2.41. The van der Waals surface area contributed by atoms with E-state index >= 15 is 0 Å². The molecule has 136 valence electrons. The molecule has 1 aromatic carbocycles. The molecule has 0 radical (unpaired) electrons. The molecule has 1 heterocycles. The quantitative estimate of drug-likeness (QED) is 0.570. The highest BCUT2D eigenvalue weighted by Gasteiger charge is 2.11. The van der Waals surface area contributed by atoms with Crippen molar-refractivity contribution in [1.82, 2.24) is 15.0 Å². The van der Waals surface area contributed by atoms with Crippen LogP contribution in [0.15, 0.2) is 29.2 Å². The zero-order valence-electron chi connectivity index (χ0n) is 14.0. The molecule has 0 aliphatic heterocycles. The van der Waals surface area contributed by atoms with Gasteiger partial charge in [-0.1, -0.05) is 25.5 Å². The first kappa shape index (κ1) is 19.2. The number of aromatic nitrogens is 3. The second kappa shape index (κ2) is 8.84. The summed E-state index contributed by atoms with van der Waals surface area (Å²) in [4.78, 5) is 13.0. The number of hydrogen-bond acceptors (Lipinski definition) is 7. The van der Waals surface area contributed by atoms with Gasteiger partial charge < -0.3 is 10.4 Å². The van der Waals surface area contributed by atoms with E-state index in [2.05, 4.69) is 27.2 Å². The largest absolute Gasteiger partial charge is 0.395 e. The standard InChI is InChI=1S/C16H22N4O4S/c1-2-3-4-14-18-15(20-16(19-14)17-9-10-21)11-12-5-7-13(8-6-12)25(22,23)24/h5-8,21H,2-4,9-11H2,1H3,(H,22,23,24)(H,17,18,19,20). The van der Waals surface area contributed by atoms with Crippen LogP contribution in [-0.4, -0.2) is 46.2 Å². The fourth-order valence-corrected chi connectivity index (χ4v) is 2.68. The molecule has 0 aliphatic rings. The second-order valence-corrected chi connectivity index (χ2v) is 6.96. The number of hydrogen-bond donors (Lipinski definition) is 3. The third-order valence-electron chi connectivity index (χ3n) is 3.46. The second-order valence-electron chi connectivity index (χ2n) is 5.54. The summed E-state index contributed by atoms with van der Waals surface area (Å²) in [5.41, 5.74) is 0.813. The number of aryl methyl sites for hydroxylation is 1. The maximum absolute atomic E-state index is 11.1. The van der Waals surface area contributed by atoms with Gasteiger partial charge in [0.2, 0.25) is 5.95 Å². The van der Waals surface area contributed by atoms with E-state index in [1.807, 2.05) is 0 Å². The summed E-state index contributed by atoms with van der Waals surface area (Å²) in [5, 5.41) is 11.9. The van der Waals surface area contributed by atoms with Gasteiger partial charge >= 0.3 is 0 Å². The molecule has 0 atom stereocenters. The minimum Gasteiger partial charge on any atom is -0.395 e. The summed E-state index contributed by atoms with van der Waals surface area (Å²) < 4.78 is 31.2. The van der Waals surface area contributed by atoms with E-state index in [1.165, 1.54) is 12.1 Å². The summed E-state index contributed by atoms with van der Waals surface area (Å²) in [6, 6.07) is 5.91. The molecule has 3 N–H and O–H groups in total. The zero-order chi connectivity index (χ0) is 18.3. The van der Waals surface area contributed by atoms with E-state index < -0.39 is 10.1 Å². The zero-order valence-corrected chi connectivity index (χ0v) is 14.8. The lowest BCUT2D eigenvalue weighted by Gasteiger charge is -2.08. The average molecular weight is 366 g/mol. The molecule has 25 heavy (non-hydrogen) atoms. The molecule has 8 nitrogen and oxygen atoms in total. The lowest BCUT2D eigenvalue weighted by molar-refractivity contribution is 0.310. The fourth-order valence-electron chi connectivity index (χ4n) is 2.20. The van der Waals surface area contributed by atoms with Crippen LogP contribution in [0.1, 0.15) is 37.0 Å². The van der Waals surface area contributed by atoms with Crippen molar-refractivity contribution in [2.45, 2.75) is 37.5 Å². The molecule has 0 amide bonds. The van der Waals surface area contributed by atoms with Crippen molar-refractivity contribution in [3.8, 4) is 0 Å². The highest BCUT2D eigenvalue weighted by molar-refractivity contribution is 7.85. The Labute approximate surface area is 147 Å². The van der Waals surface area contributed by atoms with E-state index in [-0.39, 0.29) is 11.5 Å². The van der Waals surface area contributed by atoms with Gasteiger partial charge in [0.25, 0.3) is 10.1 Å². The lowest BCUT2D eigenvalue weighted by atomic mass is 10.1. The normalized spacial score (nSPS) is 11.5. The van der Waals surface area contributed by atoms with E-state index in [1.54, 1.807) is 12.1 Å². The van der Waals surface area contributed by atoms with Crippen molar-refractivity contribution in [3.05, 3.63) is 41.5 Å². The van der Waals surface area contributed by atoms with Crippen LogP contribution in [0.2, 0.25) is 0 Å². The monoisotopic (exact) mass is 366 g/mol. The molecule has 0 aliphatic carbocycles. The third-order valence-corrected chi connectivity index (χ3v) is 4.33. The Morgan fingerprint density at radius 1 is 1.08 bits per heavy atom. The van der Waals surface area contributed by atoms with Crippen LogP contribution in [-0.2, 0) is 23.0 Å². The highest BCUT2D eigenvalue weighted by Crippen LogP contribution is 2.13. The van der Waals surface area contributed by atoms with E-state index in [9.17, 15) is 8.42 Å². The van der Waals surface area contributed by atoms with Crippen LogP contribution in [0.5, 0.6) is 0 Å². The van der Waals surface area contributed by atoms with Crippen molar-refractivity contribution in [2.75, 3.05) is 18.5 Å². The minimum atomic E-state index is -4.20. The van der Waals surface area contributed by atoms with Gasteiger partial charge in [-0.3, -0.25) is 4.55 Å². The van der Waals surface area contributed by atoms with E-state index in [4.69, 9.17) is 9.66 Å². The maximum atomic E-state index is 11.1. The molecule has 2 aromatic rings. The highest BCUT2D eigenvalue weighted by atomic mass is 32.2. The molecular weight excluding hydrogens is 344 g/mol. The van der Waals surface area contributed by atoms with Crippen molar-refractivity contribution >= 4 is 16.1 Å².